The Morgan fingerprint density at radius 3 is 2.61 bits per heavy atom. The van der Waals surface area contributed by atoms with Crippen molar-refractivity contribution in [3.63, 3.8) is 0 Å². The molecule has 162 valence electrons. The van der Waals surface area contributed by atoms with E-state index in [0.717, 1.165) is 0 Å². The number of piperazine rings is 1. The van der Waals surface area contributed by atoms with Crippen molar-refractivity contribution < 1.29 is 19.1 Å². The fraction of sp³-hybridized carbons (Fsp3) is 0.391. The predicted octanol–water partition coefficient (Wildman–Crippen LogP) is 2.67. The number of benzene rings is 1. The number of nitriles is 1. The number of ether oxygens (including phenoxy) is 2. The summed E-state index contributed by atoms with van der Waals surface area (Å²) in [4.78, 5) is 32.2. The van der Waals surface area contributed by atoms with Crippen molar-refractivity contribution >= 4 is 17.5 Å². The Bertz CT molecular complexity index is 978. The van der Waals surface area contributed by atoms with Crippen LogP contribution in [0.25, 0.3) is 0 Å². The molecule has 0 atom stereocenters. The highest BCUT2D eigenvalue weighted by molar-refractivity contribution is 5.94. The largest absolute Gasteiger partial charge is 0.493 e. The smallest absolute Gasteiger partial charge is 0.222 e. The van der Waals surface area contributed by atoms with Crippen LogP contribution in [0.3, 0.4) is 0 Å². The third-order valence-corrected chi connectivity index (χ3v) is 5.20. The summed E-state index contributed by atoms with van der Waals surface area (Å²) in [6.45, 7) is 4.37. The maximum Gasteiger partial charge on any atom is 0.222 e. The zero-order valence-corrected chi connectivity index (χ0v) is 17.8. The second kappa shape index (κ2) is 10.4. The van der Waals surface area contributed by atoms with Crippen molar-refractivity contribution in [1.29, 1.82) is 5.26 Å². The van der Waals surface area contributed by atoms with E-state index in [2.05, 4.69) is 11.1 Å². The molecule has 1 aromatic carbocycles. The molecule has 1 fully saturated rings. The minimum atomic E-state index is -0.0394. The number of carbonyl (C=O) groups is 2. The first-order valence-corrected chi connectivity index (χ1v) is 10.2. The van der Waals surface area contributed by atoms with E-state index >= 15 is 0 Å². The maximum absolute atomic E-state index is 12.5. The fourth-order valence-electron chi connectivity index (χ4n) is 3.47. The first kappa shape index (κ1) is 22.1. The highest BCUT2D eigenvalue weighted by Gasteiger charge is 2.23. The van der Waals surface area contributed by atoms with Crippen molar-refractivity contribution in [2.24, 2.45) is 0 Å². The van der Waals surface area contributed by atoms with Gasteiger partial charge in [-0.05, 0) is 43.7 Å². The molecule has 2 heterocycles. The summed E-state index contributed by atoms with van der Waals surface area (Å²) < 4.78 is 11.0. The SMILES string of the molecule is COc1cc(C(C)=O)ccc1OCCCC(=O)N1CCN(c2ncccc2C#N)CC1. The topological polar surface area (TPSA) is 95.8 Å². The first-order chi connectivity index (χ1) is 15.0. The summed E-state index contributed by atoms with van der Waals surface area (Å²) in [5.41, 5.74) is 1.11. The lowest BCUT2D eigenvalue weighted by Gasteiger charge is -2.35. The molecule has 0 unspecified atom stereocenters. The Morgan fingerprint density at radius 1 is 1.16 bits per heavy atom. The number of pyridine rings is 1. The van der Waals surface area contributed by atoms with Crippen LogP contribution in [0.15, 0.2) is 36.5 Å². The molecule has 1 saturated heterocycles. The third kappa shape index (κ3) is 5.51. The van der Waals surface area contributed by atoms with Gasteiger partial charge in [0.25, 0.3) is 0 Å². The van der Waals surface area contributed by atoms with Crippen LogP contribution in [-0.2, 0) is 4.79 Å². The van der Waals surface area contributed by atoms with E-state index < -0.39 is 0 Å². The minimum Gasteiger partial charge on any atom is -0.493 e. The predicted molar refractivity (Wildman–Crippen MR) is 115 cm³/mol. The van der Waals surface area contributed by atoms with Crippen molar-refractivity contribution in [3.8, 4) is 17.6 Å². The fourth-order valence-corrected chi connectivity index (χ4v) is 3.47. The minimum absolute atomic E-state index is 0.0394. The van der Waals surface area contributed by atoms with E-state index in [1.165, 1.54) is 14.0 Å². The quantitative estimate of drug-likeness (QED) is 0.477. The van der Waals surface area contributed by atoms with E-state index in [1.54, 1.807) is 36.5 Å². The Kier molecular flexibility index (Phi) is 7.44. The van der Waals surface area contributed by atoms with Crippen LogP contribution in [0.1, 0.15) is 35.7 Å². The number of methoxy groups -OCH3 is 1. The van der Waals surface area contributed by atoms with Gasteiger partial charge in [-0.15, -0.1) is 0 Å². The summed E-state index contributed by atoms with van der Waals surface area (Å²) in [5.74, 6) is 1.78. The second-order valence-electron chi connectivity index (χ2n) is 7.23. The van der Waals surface area contributed by atoms with Crippen LogP contribution in [0.2, 0.25) is 0 Å². The molecule has 0 N–H and O–H groups in total. The number of hydrogen-bond donors (Lipinski definition) is 0. The first-order valence-electron chi connectivity index (χ1n) is 10.2. The lowest BCUT2D eigenvalue weighted by Crippen LogP contribution is -2.49. The summed E-state index contributed by atoms with van der Waals surface area (Å²) in [6.07, 6.45) is 2.65. The highest BCUT2D eigenvalue weighted by atomic mass is 16.5. The van der Waals surface area contributed by atoms with E-state index in [-0.39, 0.29) is 11.7 Å². The standard InChI is InChI=1S/C23H26N4O4/c1-17(28)18-7-8-20(21(15-18)30-2)31-14-4-6-22(29)26-10-12-27(13-11-26)23-19(16-24)5-3-9-25-23/h3,5,7-9,15H,4,6,10-14H2,1-2H3. The van der Waals surface area contributed by atoms with Crippen LogP contribution >= 0.6 is 0 Å². The lowest BCUT2D eigenvalue weighted by atomic mass is 10.1. The molecule has 1 amide bonds. The summed E-state index contributed by atoms with van der Waals surface area (Å²) >= 11 is 0. The molecule has 0 bridgehead atoms. The molecule has 2 aromatic rings. The normalized spacial score (nSPS) is 13.5. The highest BCUT2D eigenvalue weighted by Crippen LogP contribution is 2.28. The van der Waals surface area contributed by atoms with Gasteiger partial charge in [-0.25, -0.2) is 4.98 Å². The third-order valence-electron chi connectivity index (χ3n) is 5.20. The molecule has 0 radical (unpaired) electrons. The summed E-state index contributed by atoms with van der Waals surface area (Å²) in [7, 11) is 1.53. The van der Waals surface area contributed by atoms with Gasteiger partial charge in [0, 0.05) is 44.4 Å². The van der Waals surface area contributed by atoms with Crippen molar-refractivity contribution in [3.05, 3.63) is 47.7 Å². The summed E-state index contributed by atoms with van der Waals surface area (Å²) in [6, 6.07) is 10.7. The molecule has 3 rings (SSSR count). The van der Waals surface area contributed by atoms with E-state index in [0.29, 0.717) is 74.1 Å². The van der Waals surface area contributed by atoms with Gasteiger partial charge in [0.05, 0.1) is 19.3 Å². The Balaban J connectivity index is 1.44. The Morgan fingerprint density at radius 2 is 1.94 bits per heavy atom. The number of amides is 1. The molecule has 0 saturated carbocycles. The molecule has 0 aliphatic carbocycles. The van der Waals surface area contributed by atoms with Crippen LogP contribution in [0, 0.1) is 11.3 Å². The number of ketones is 1. The molecule has 1 aliphatic heterocycles. The van der Waals surface area contributed by atoms with Gasteiger partial charge >= 0.3 is 0 Å². The lowest BCUT2D eigenvalue weighted by molar-refractivity contribution is -0.131. The van der Waals surface area contributed by atoms with E-state index in [9.17, 15) is 14.9 Å². The average molecular weight is 422 g/mol. The molecule has 0 spiro atoms. The summed E-state index contributed by atoms with van der Waals surface area (Å²) in [5, 5.41) is 9.25. The van der Waals surface area contributed by atoms with Gasteiger partial charge in [-0.1, -0.05) is 0 Å². The maximum atomic E-state index is 12.5. The van der Waals surface area contributed by atoms with Crippen molar-refractivity contribution in [2.75, 3.05) is 44.8 Å². The number of aromatic nitrogens is 1. The number of rotatable bonds is 8. The molecular formula is C23H26N4O4. The number of hydrogen-bond acceptors (Lipinski definition) is 7. The van der Waals surface area contributed by atoms with Crippen LogP contribution in [0.4, 0.5) is 5.82 Å². The van der Waals surface area contributed by atoms with Crippen LogP contribution in [-0.4, -0.2) is 61.5 Å². The molecule has 8 heteroatoms. The second-order valence-corrected chi connectivity index (χ2v) is 7.23. The van der Waals surface area contributed by atoms with Gasteiger partial charge < -0.3 is 19.3 Å². The number of Topliss-reactive ketones (excluding diaryl/α,β-unsaturated/α-hetero) is 1. The number of anilines is 1. The van der Waals surface area contributed by atoms with Gasteiger partial charge in [-0.3, -0.25) is 9.59 Å². The van der Waals surface area contributed by atoms with Crippen molar-refractivity contribution in [1.82, 2.24) is 9.88 Å². The average Bonchev–Trinajstić information content (AvgIpc) is 2.81. The molecule has 1 aliphatic rings. The Hall–Kier alpha value is -3.60. The zero-order chi connectivity index (χ0) is 22.2. The van der Waals surface area contributed by atoms with Gasteiger partial charge in [0.15, 0.2) is 17.3 Å². The molecule has 31 heavy (non-hydrogen) atoms. The van der Waals surface area contributed by atoms with Gasteiger partial charge in [-0.2, -0.15) is 5.26 Å². The number of carbonyl (C=O) groups excluding carboxylic acids is 2. The van der Waals surface area contributed by atoms with Gasteiger partial charge in [0.2, 0.25) is 5.91 Å². The molecule has 1 aromatic heterocycles. The molecular weight excluding hydrogens is 396 g/mol. The molecule has 8 nitrogen and oxygen atoms in total. The van der Waals surface area contributed by atoms with Crippen LogP contribution in [0.5, 0.6) is 11.5 Å². The zero-order valence-electron chi connectivity index (χ0n) is 17.8. The van der Waals surface area contributed by atoms with E-state index in [4.69, 9.17) is 9.47 Å². The van der Waals surface area contributed by atoms with Gasteiger partial charge in [0.1, 0.15) is 11.9 Å². The monoisotopic (exact) mass is 422 g/mol. The number of nitrogens with zero attached hydrogens (tertiary/aromatic N) is 4. The van der Waals surface area contributed by atoms with Crippen LogP contribution < -0.4 is 14.4 Å². The Labute approximate surface area is 182 Å². The van der Waals surface area contributed by atoms with Crippen molar-refractivity contribution in [2.45, 2.75) is 19.8 Å². The van der Waals surface area contributed by atoms with E-state index in [1.807, 2.05) is 9.80 Å².